The fourth-order valence-corrected chi connectivity index (χ4v) is 4.16. The lowest BCUT2D eigenvalue weighted by atomic mass is 10.1. The summed E-state index contributed by atoms with van der Waals surface area (Å²) in [6, 6.07) is 5.02. The highest BCUT2D eigenvalue weighted by molar-refractivity contribution is 7.18. The van der Waals surface area contributed by atoms with Gasteiger partial charge in [0.2, 0.25) is 11.0 Å². The highest BCUT2D eigenvalue weighted by Gasteiger charge is 2.26. The number of nitrogens with one attached hydrogen (secondary N) is 3. The van der Waals surface area contributed by atoms with Crippen molar-refractivity contribution in [2.45, 2.75) is 18.9 Å². The first-order valence-electron chi connectivity index (χ1n) is 11.1. The molecule has 2 aliphatic rings. The number of nitrogens with zero attached hydrogens (tertiary/aromatic N) is 5. The van der Waals surface area contributed by atoms with Crippen LogP contribution in [0.2, 0.25) is 0 Å². The lowest BCUT2D eigenvalue weighted by Gasteiger charge is -2.26. The van der Waals surface area contributed by atoms with Crippen molar-refractivity contribution < 1.29 is 14.3 Å². The number of hydrogen-bond donors (Lipinski definition) is 3. The maximum atomic E-state index is 12.9. The Balaban J connectivity index is 1.28. The van der Waals surface area contributed by atoms with Crippen LogP contribution in [0.25, 0.3) is 10.7 Å². The average molecular weight is 481 g/mol. The maximum Gasteiger partial charge on any atom is 0.257 e. The van der Waals surface area contributed by atoms with Crippen molar-refractivity contribution in [2.75, 3.05) is 43.4 Å². The predicted octanol–water partition coefficient (Wildman–Crippen LogP) is 1.63. The van der Waals surface area contributed by atoms with Crippen molar-refractivity contribution in [3.63, 3.8) is 0 Å². The summed E-state index contributed by atoms with van der Waals surface area (Å²) < 4.78 is 5.95. The third-order valence-corrected chi connectivity index (χ3v) is 6.20. The van der Waals surface area contributed by atoms with E-state index in [-0.39, 0.29) is 24.5 Å². The van der Waals surface area contributed by atoms with E-state index in [9.17, 15) is 9.59 Å². The van der Waals surface area contributed by atoms with Gasteiger partial charge in [0.15, 0.2) is 5.01 Å². The molecule has 2 aromatic heterocycles. The van der Waals surface area contributed by atoms with Crippen LogP contribution in [-0.4, -0.2) is 75.7 Å². The molecule has 5 rings (SSSR count). The summed E-state index contributed by atoms with van der Waals surface area (Å²) in [5.41, 5.74) is 1.44. The van der Waals surface area contributed by atoms with E-state index < -0.39 is 0 Å². The molecule has 0 unspecified atom stereocenters. The standard InChI is InChI=1S/C22H24N8O3S/c31-19(13-30-9-7-23-8-10-30)26-16-11-14(1-4-18(16)33-15-2-3-15)20(32)27-22-29-28-21(34-22)17-12-24-5-6-25-17/h1,4-6,11-12,15,23H,2-3,7-10,13H2,(H,26,31)(H,27,29,32). The van der Waals surface area contributed by atoms with Crippen molar-refractivity contribution in [1.29, 1.82) is 0 Å². The Morgan fingerprint density at radius 1 is 1.15 bits per heavy atom. The first kappa shape index (κ1) is 22.3. The average Bonchev–Trinajstić information content (AvgIpc) is 3.56. The fourth-order valence-electron chi connectivity index (χ4n) is 3.46. The SMILES string of the molecule is O=C(CN1CCNCC1)Nc1cc(C(=O)Nc2nnc(-c3cnccn3)s2)ccc1OC1CC1. The van der Waals surface area contributed by atoms with E-state index in [2.05, 4.69) is 41.0 Å². The van der Waals surface area contributed by atoms with Gasteiger partial charge >= 0.3 is 0 Å². The molecule has 1 aliphatic carbocycles. The van der Waals surface area contributed by atoms with Crippen molar-refractivity contribution >= 4 is 34.0 Å². The number of anilines is 2. The highest BCUT2D eigenvalue weighted by Crippen LogP contribution is 2.33. The lowest BCUT2D eigenvalue weighted by molar-refractivity contribution is -0.117. The summed E-state index contributed by atoms with van der Waals surface area (Å²) >= 11 is 1.20. The van der Waals surface area contributed by atoms with Crippen LogP contribution in [0.1, 0.15) is 23.2 Å². The van der Waals surface area contributed by atoms with Gasteiger partial charge in [-0.1, -0.05) is 11.3 Å². The van der Waals surface area contributed by atoms with Gasteiger partial charge in [0.25, 0.3) is 5.91 Å². The lowest BCUT2D eigenvalue weighted by Crippen LogP contribution is -2.46. The van der Waals surface area contributed by atoms with Crippen molar-refractivity contribution in [3.05, 3.63) is 42.4 Å². The third-order valence-electron chi connectivity index (χ3n) is 5.34. The summed E-state index contributed by atoms with van der Waals surface area (Å²) in [4.78, 5) is 35.9. The Morgan fingerprint density at radius 2 is 2.00 bits per heavy atom. The quantitative estimate of drug-likeness (QED) is 0.440. The van der Waals surface area contributed by atoms with Crippen LogP contribution in [-0.2, 0) is 4.79 Å². The van der Waals surface area contributed by atoms with Gasteiger partial charge in [0.1, 0.15) is 11.4 Å². The summed E-state index contributed by atoms with van der Waals surface area (Å²) in [5.74, 6) is 0.0591. The summed E-state index contributed by atoms with van der Waals surface area (Å²) in [7, 11) is 0. The molecule has 3 heterocycles. The molecule has 0 radical (unpaired) electrons. The predicted molar refractivity (Wildman–Crippen MR) is 127 cm³/mol. The topological polar surface area (TPSA) is 134 Å². The zero-order valence-electron chi connectivity index (χ0n) is 18.4. The van der Waals surface area contributed by atoms with Gasteiger partial charge < -0.3 is 15.4 Å². The van der Waals surface area contributed by atoms with Gasteiger partial charge in [0.05, 0.1) is 24.5 Å². The number of rotatable bonds is 8. The molecule has 1 aromatic carbocycles. The molecule has 0 atom stereocenters. The van der Waals surface area contributed by atoms with Crippen LogP contribution in [0.4, 0.5) is 10.8 Å². The minimum absolute atomic E-state index is 0.141. The van der Waals surface area contributed by atoms with Crippen molar-refractivity contribution in [3.8, 4) is 16.5 Å². The summed E-state index contributed by atoms with van der Waals surface area (Å²) in [5, 5.41) is 17.9. The number of piperazine rings is 1. The van der Waals surface area contributed by atoms with Crippen molar-refractivity contribution in [2.24, 2.45) is 0 Å². The van der Waals surface area contributed by atoms with Gasteiger partial charge in [-0.05, 0) is 31.0 Å². The summed E-state index contributed by atoms with van der Waals surface area (Å²) in [6.07, 6.45) is 6.86. The third kappa shape index (κ3) is 5.71. The number of benzene rings is 1. The number of carbonyl (C=O) groups is 2. The molecular formula is C22H24N8O3S. The van der Waals surface area contributed by atoms with E-state index in [1.807, 2.05) is 0 Å². The van der Waals surface area contributed by atoms with Crippen LogP contribution in [0, 0.1) is 0 Å². The van der Waals surface area contributed by atoms with Crippen LogP contribution < -0.4 is 20.7 Å². The maximum absolute atomic E-state index is 12.9. The molecule has 176 valence electrons. The molecule has 2 amide bonds. The fraction of sp³-hybridized carbons (Fsp3) is 0.364. The second-order valence-corrected chi connectivity index (χ2v) is 9.04. The Bertz CT molecular complexity index is 1160. The molecule has 3 N–H and O–H groups in total. The molecule has 12 heteroatoms. The number of ether oxygens (including phenoxy) is 1. The zero-order valence-corrected chi connectivity index (χ0v) is 19.2. The molecule has 3 aromatic rings. The molecular weight excluding hydrogens is 456 g/mol. The molecule has 1 saturated heterocycles. The molecule has 1 saturated carbocycles. The normalized spacial score (nSPS) is 16.1. The monoisotopic (exact) mass is 480 g/mol. The zero-order chi connectivity index (χ0) is 23.3. The van der Waals surface area contributed by atoms with E-state index in [1.165, 1.54) is 11.3 Å². The minimum Gasteiger partial charge on any atom is -0.488 e. The second-order valence-electron chi connectivity index (χ2n) is 8.06. The highest BCUT2D eigenvalue weighted by atomic mass is 32.1. The van der Waals surface area contributed by atoms with E-state index in [1.54, 1.807) is 36.8 Å². The van der Waals surface area contributed by atoms with Crippen LogP contribution in [0.3, 0.4) is 0 Å². The Hall–Kier alpha value is -3.48. The van der Waals surface area contributed by atoms with E-state index in [0.29, 0.717) is 32.8 Å². The van der Waals surface area contributed by atoms with Gasteiger partial charge in [0, 0.05) is 44.1 Å². The Kier molecular flexibility index (Phi) is 6.70. The molecule has 34 heavy (non-hydrogen) atoms. The van der Waals surface area contributed by atoms with E-state index in [0.717, 1.165) is 39.0 Å². The first-order valence-corrected chi connectivity index (χ1v) is 11.9. The van der Waals surface area contributed by atoms with Gasteiger partial charge in [-0.2, -0.15) is 0 Å². The number of amides is 2. The largest absolute Gasteiger partial charge is 0.488 e. The molecule has 1 aliphatic heterocycles. The molecule has 0 spiro atoms. The van der Waals surface area contributed by atoms with Gasteiger partial charge in [-0.3, -0.25) is 29.8 Å². The second kappa shape index (κ2) is 10.2. The number of aromatic nitrogens is 4. The van der Waals surface area contributed by atoms with Crippen LogP contribution in [0.15, 0.2) is 36.8 Å². The Morgan fingerprint density at radius 3 is 2.76 bits per heavy atom. The van der Waals surface area contributed by atoms with Gasteiger partial charge in [-0.25, -0.2) is 0 Å². The Labute approximate surface area is 200 Å². The number of hydrogen-bond acceptors (Lipinski definition) is 10. The van der Waals surface area contributed by atoms with Gasteiger partial charge in [-0.15, -0.1) is 10.2 Å². The smallest absolute Gasteiger partial charge is 0.257 e. The molecule has 2 fully saturated rings. The van der Waals surface area contributed by atoms with E-state index >= 15 is 0 Å². The van der Waals surface area contributed by atoms with Crippen LogP contribution in [0.5, 0.6) is 5.75 Å². The van der Waals surface area contributed by atoms with Crippen molar-refractivity contribution in [1.82, 2.24) is 30.4 Å². The first-order chi connectivity index (χ1) is 16.6. The molecule has 11 nitrogen and oxygen atoms in total. The molecule has 0 bridgehead atoms. The van der Waals surface area contributed by atoms with Crippen LogP contribution >= 0.6 is 11.3 Å². The minimum atomic E-state index is -0.363. The summed E-state index contributed by atoms with van der Waals surface area (Å²) in [6.45, 7) is 3.66. The van der Waals surface area contributed by atoms with E-state index in [4.69, 9.17) is 4.74 Å². The number of carbonyl (C=O) groups excluding carboxylic acids is 2.